The number of nitrogens with zero attached hydrogens (tertiary/aromatic N) is 4. The highest BCUT2D eigenvalue weighted by Gasteiger charge is 2.28. The molecule has 8 nitrogen and oxygen atoms in total. The van der Waals surface area contributed by atoms with Crippen LogP contribution in [0.5, 0.6) is 5.75 Å². The maximum atomic E-state index is 13.4. The molecule has 0 spiro atoms. The van der Waals surface area contributed by atoms with Crippen LogP contribution in [0.3, 0.4) is 0 Å². The Morgan fingerprint density at radius 2 is 1.83 bits per heavy atom. The number of unbranched alkanes of at least 4 members (excludes halogenated alkanes) is 1. The monoisotopic (exact) mass is 475 g/mol. The number of phenols is 1. The van der Waals surface area contributed by atoms with Crippen LogP contribution in [0.15, 0.2) is 30.3 Å². The van der Waals surface area contributed by atoms with Crippen LogP contribution < -0.4 is 0 Å². The van der Waals surface area contributed by atoms with E-state index in [1.807, 2.05) is 6.92 Å². The van der Waals surface area contributed by atoms with Crippen molar-refractivity contribution in [3.05, 3.63) is 58.3 Å². The number of rotatable bonds is 7. The molecule has 1 aromatic heterocycles. The second kappa shape index (κ2) is 9.79. The molecule has 0 atom stereocenters. The number of nitrogens with one attached hydrogen (secondary N) is 1. The van der Waals surface area contributed by atoms with E-state index in [0.717, 1.165) is 56.7 Å². The van der Waals surface area contributed by atoms with E-state index in [4.69, 9.17) is 0 Å². The smallest absolute Gasteiger partial charge is 0.258 e. The van der Waals surface area contributed by atoms with E-state index in [2.05, 4.69) is 45.2 Å². The number of fused-ring (bicyclic) bond motifs is 2. The van der Waals surface area contributed by atoms with E-state index in [1.165, 1.54) is 11.6 Å². The van der Waals surface area contributed by atoms with Gasteiger partial charge in [-0.25, -0.2) is 0 Å². The topological polar surface area (TPSA) is 92.8 Å². The molecule has 0 bridgehead atoms. The fourth-order valence-corrected chi connectivity index (χ4v) is 5.02. The third kappa shape index (κ3) is 4.81. The molecule has 0 unspecified atom stereocenters. The van der Waals surface area contributed by atoms with Gasteiger partial charge < -0.3 is 14.9 Å². The molecule has 2 N–H and O–H groups in total. The fraction of sp³-hybridized carbons (Fsp3) is 0.444. The largest absolute Gasteiger partial charge is 0.507 e. The van der Waals surface area contributed by atoms with Gasteiger partial charge >= 0.3 is 0 Å². The molecule has 3 aromatic rings. The molecule has 35 heavy (non-hydrogen) atoms. The van der Waals surface area contributed by atoms with Crippen LogP contribution in [0.1, 0.15) is 63.7 Å². The minimum Gasteiger partial charge on any atom is -0.507 e. The van der Waals surface area contributed by atoms with Gasteiger partial charge in [0, 0.05) is 63.7 Å². The average Bonchev–Trinajstić information content (AvgIpc) is 3.46. The Bertz CT molecular complexity index is 1260. The van der Waals surface area contributed by atoms with Crippen molar-refractivity contribution in [1.82, 2.24) is 24.9 Å². The van der Waals surface area contributed by atoms with Crippen LogP contribution in [0.25, 0.3) is 10.9 Å². The van der Waals surface area contributed by atoms with Crippen molar-refractivity contribution in [3.63, 3.8) is 0 Å². The number of aromatic nitrogens is 2. The summed E-state index contributed by atoms with van der Waals surface area (Å²) in [6, 6.07) is 9.59. The maximum absolute atomic E-state index is 13.4. The summed E-state index contributed by atoms with van der Waals surface area (Å²) in [4.78, 5) is 32.6. The second-order valence-electron chi connectivity index (χ2n) is 9.86. The Kier molecular flexibility index (Phi) is 6.58. The maximum Gasteiger partial charge on any atom is 0.258 e. The highest BCUT2D eigenvalue weighted by Crippen LogP contribution is 2.31. The highest BCUT2D eigenvalue weighted by atomic mass is 16.3. The molecule has 1 saturated heterocycles. The number of amides is 1. The lowest BCUT2D eigenvalue weighted by Crippen LogP contribution is -2.43. The Labute approximate surface area is 205 Å². The van der Waals surface area contributed by atoms with E-state index in [1.54, 1.807) is 11.0 Å². The number of ketones is 1. The number of aromatic hydroxyl groups is 1. The van der Waals surface area contributed by atoms with Gasteiger partial charge in [-0.2, -0.15) is 5.10 Å². The summed E-state index contributed by atoms with van der Waals surface area (Å²) in [6.45, 7) is 8.28. The molecule has 1 amide bonds. The van der Waals surface area contributed by atoms with Gasteiger partial charge in [0.05, 0.1) is 11.1 Å². The molecule has 8 heteroatoms. The molecule has 0 aliphatic carbocycles. The number of hydrogen-bond donors (Lipinski definition) is 2. The van der Waals surface area contributed by atoms with Crippen molar-refractivity contribution in [2.24, 2.45) is 0 Å². The Balaban J connectivity index is 1.32. The third-order valence-electron chi connectivity index (χ3n) is 7.21. The molecule has 2 aliphatic heterocycles. The number of piperazine rings is 1. The van der Waals surface area contributed by atoms with Gasteiger partial charge in [-0.15, -0.1) is 0 Å². The van der Waals surface area contributed by atoms with Crippen LogP contribution >= 0.6 is 0 Å². The zero-order valence-corrected chi connectivity index (χ0v) is 20.5. The molecule has 1 fully saturated rings. The number of benzene rings is 2. The summed E-state index contributed by atoms with van der Waals surface area (Å²) in [5.74, 6) is -0.400. The van der Waals surface area contributed by atoms with Crippen molar-refractivity contribution < 1.29 is 14.7 Å². The zero-order chi connectivity index (χ0) is 24.5. The van der Waals surface area contributed by atoms with Crippen molar-refractivity contribution in [2.75, 3.05) is 33.2 Å². The molecular weight excluding hydrogens is 442 g/mol. The Morgan fingerprint density at radius 1 is 1.06 bits per heavy atom. The number of Topliss-reactive ketones (excluding diaryl/α,β-unsaturated/α-hetero) is 1. The molecule has 5 rings (SSSR count). The minimum absolute atomic E-state index is 0.0522. The van der Waals surface area contributed by atoms with Gasteiger partial charge in [0.1, 0.15) is 11.4 Å². The SMILES string of the molecule is CCCCC(=O)c1n[nH]c2cc(O)c(C(=O)N3Cc4ccc(CN5CCN(C)CC5)cc4C3)cc12. The highest BCUT2D eigenvalue weighted by molar-refractivity contribution is 6.09. The summed E-state index contributed by atoms with van der Waals surface area (Å²) in [7, 11) is 2.16. The molecule has 2 aromatic carbocycles. The van der Waals surface area contributed by atoms with Crippen molar-refractivity contribution in [1.29, 1.82) is 0 Å². The number of aromatic amines is 1. The number of H-pyrrole nitrogens is 1. The summed E-state index contributed by atoms with van der Waals surface area (Å²) in [5, 5.41) is 18.2. The second-order valence-corrected chi connectivity index (χ2v) is 9.86. The number of carbonyl (C=O) groups is 2. The lowest BCUT2D eigenvalue weighted by molar-refractivity contribution is 0.0748. The standard InChI is InChI=1S/C27H33N5O3/c1-3-4-5-24(33)26-21-13-22(25(34)14-23(21)28-29-26)27(35)32-16-19-7-6-18(12-20(19)17-32)15-31-10-8-30(2)9-11-31/h6-7,12-14,34H,3-5,8-11,15-17H2,1-2H3,(H,28,29). The number of carbonyl (C=O) groups excluding carboxylic acids is 2. The summed E-state index contributed by atoms with van der Waals surface area (Å²) in [5.41, 5.74) is 4.65. The van der Waals surface area contributed by atoms with E-state index in [0.29, 0.717) is 36.1 Å². The van der Waals surface area contributed by atoms with Crippen LogP contribution in [0, 0.1) is 0 Å². The van der Waals surface area contributed by atoms with E-state index >= 15 is 0 Å². The van der Waals surface area contributed by atoms with Crippen molar-refractivity contribution in [3.8, 4) is 5.75 Å². The van der Waals surface area contributed by atoms with E-state index in [9.17, 15) is 14.7 Å². The van der Waals surface area contributed by atoms with Crippen LogP contribution in [0.4, 0.5) is 0 Å². The van der Waals surface area contributed by atoms with Gasteiger partial charge in [0.15, 0.2) is 5.78 Å². The molecule has 0 saturated carbocycles. The van der Waals surface area contributed by atoms with E-state index < -0.39 is 0 Å². The van der Waals surface area contributed by atoms with E-state index in [-0.39, 0.29) is 23.0 Å². The molecule has 2 aliphatic rings. The first-order valence-electron chi connectivity index (χ1n) is 12.5. The third-order valence-corrected chi connectivity index (χ3v) is 7.21. The lowest BCUT2D eigenvalue weighted by atomic mass is 10.0. The number of likely N-dealkylation sites (N-methyl/N-ethyl adjacent to an activating group) is 1. The quantitative estimate of drug-likeness (QED) is 0.508. The zero-order valence-electron chi connectivity index (χ0n) is 20.5. The molecular formula is C27H33N5O3. The first-order chi connectivity index (χ1) is 16.9. The first-order valence-corrected chi connectivity index (χ1v) is 12.5. The lowest BCUT2D eigenvalue weighted by Gasteiger charge is -2.32. The predicted octanol–water partition coefficient (Wildman–Crippen LogP) is 3.54. The molecule has 3 heterocycles. The van der Waals surface area contributed by atoms with Gasteiger partial charge in [0.2, 0.25) is 0 Å². The molecule has 0 radical (unpaired) electrons. The first kappa shape index (κ1) is 23.5. The van der Waals surface area contributed by atoms with Gasteiger partial charge in [-0.1, -0.05) is 31.5 Å². The van der Waals surface area contributed by atoms with Crippen LogP contribution in [-0.4, -0.2) is 74.9 Å². The van der Waals surface area contributed by atoms with Crippen molar-refractivity contribution >= 4 is 22.6 Å². The summed E-state index contributed by atoms with van der Waals surface area (Å²) < 4.78 is 0. The number of hydrogen-bond acceptors (Lipinski definition) is 6. The fourth-order valence-electron chi connectivity index (χ4n) is 5.02. The van der Waals surface area contributed by atoms with Gasteiger partial charge in [0.25, 0.3) is 5.91 Å². The summed E-state index contributed by atoms with van der Waals surface area (Å²) in [6.07, 6.45) is 2.13. The van der Waals surface area contributed by atoms with Gasteiger partial charge in [-0.3, -0.25) is 19.6 Å². The van der Waals surface area contributed by atoms with Crippen molar-refractivity contribution in [2.45, 2.75) is 45.8 Å². The number of phenolic OH excluding ortho intramolecular Hbond substituents is 1. The Morgan fingerprint density at radius 3 is 2.60 bits per heavy atom. The molecule has 184 valence electrons. The summed E-state index contributed by atoms with van der Waals surface area (Å²) >= 11 is 0. The average molecular weight is 476 g/mol. The predicted molar refractivity (Wildman–Crippen MR) is 134 cm³/mol. The van der Waals surface area contributed by atoms with Crippen LogP contribution in [-0.2, 0) is 19.6 Å². The Hall–Kier alpha value is -3.23. The van der Waals surface area contributed by atoms with Gasteiger partial charge in [-0.05, 0) is 36.2 Å². The normalized spacial score (nSPS) is 16.7. The minimum atomic E-state index is -0.241. The van der Waals surface area contributed by atoms with Crippen LogP contribution in [0.2, 0.25) is 0 Å².